The summed E-state index contributed by atoms with van der Waals surface area (Å²) in [6.07, 6.45) is 5.19. The van der Waals surface area contributed by atoms with E-state index in [1.54, 1.807) is 13.8 Å². The lowest BCUT2D eigenvalue weighted by Crippen LogP contribution is -2.34. The molecule has 0 bridgehead atoms. The summed E-state index contributed by atoms with van der Waals surface area (Å²) < 4.78 is 15.1. The smallest absolute Gasteiger partial charge is 0.357 e. The molecule has 0 spiro atoms. The third-order valence-corrected chi connectivity index (χ3v) is 3.07. The van der Waals surface area contributed by atoms with E-state index in [1.807, 2.05) is 0 Å². The standard InChI is InChI=1S/C10H5N3O5.C5H11NO2/c14-10(15)6-4-18-9(13-6)8-12-5(3-17-8)7-11-1-2-16-7;1-3(2)4(6)5(7)8/h1-4H,(H,14,15);3-4H,6H2,1-2H3,(H,7,8)/t;4-/m.0/s1. The van der Waals surface area contributed by atoms with Crippen LogP contribution >= 0.6 is 0 Å². The van der Waals surface area contributed by atoms with Crippen LogP contribution in [0.1, 0.15) is 24.3 Å². The molecular weight excluding hydrogens is 348 g/mol. The van der Waals surface area contributed by atoms with Gasteiger partial charge < -0.3 is 29.2 Å². The van der Waals surface area contributed by atoms with Gasteiger partial charge in [-0.1, -0.05) is 13.8 Å². The molecule has 0 amide bonds. The third-order valence-electron chi connectivity index (χ3n) is 3.07. The Balaban J connectivity index is 0.000000260. The van der Waals surface area contributed by atoms with Gasteiger partial charge in [0.2, 0.25) is 5.89 Å². The molecule has 0 unspecified atom stereocenters. The Hall–Kier alpha value is -3.47. The first-order chi connectivity index (χ1) is 12.3. The van der Waals surface area contributed by atoms with Crippen molar-refractivity contribution in [1.82, 2.24) is 15.0 Å². The molecule has 11 heteroatoms. The van der Waals surface area contributed by atoms with Crippen molar-refractivity contribution < 1.29 is 33.1 Å². The zero-order valence-electron chi connectivity index (χ0n) is 13.8. The van der Waals surface area contributed by atoms with Crippen molar-refractivity contribution >= 4 is 11.9 Å². The number of aromatic nitrogens is 3. The van der Waals surface area contributed by atoms with E-state index in [0.29, 0.717) is 5.69 Å². The molecule has 138 valence electrons. The van der Waals surface area contributed by atoms with Gasteiger partial charge in [0, 0.05) is 0 Å². The van der Waals surface area contributed by atoms with Crippen LogP contribution in [-0.2, 0) is 4.79 Å². The van der Waals surface area contributed by atoms with Gasteiger partial charge in [-0.2, -0.15) is 9.97 Å². The van der Waals surface area contributed by atoms with E-state index in [0.717, 1.165) is 6.26 Å². The van der Waals surface area contributed by atoms with Gasteiger partial charge in [-0.15, -0.1) is 0 Å². The second-order valence-corrected chi connectivity index (χ2v) is 5.33. The third kappa shape index (κ3) is 4.54. The Kier molecular flexibility index (Phi) is 5.86. The minimum absolute atomic E-state index is 0.0208. The maximum Gasteiger partial charge on any atom is 0.357 e. The van der Waals surface area contributed by atoms with Crippen molar-refractivity contribution in [3.05, 3.63) is 30.7 Å². The fourth-order valence-electron chi connectivity index (χ4n) is 1.58. The molecule has 11 nitrogen and oxygen atoms in total. The highest BCUT2D eigenvalue weighted by molar-refractivity contribution is 5.85. The minimum atomic E-state index is -1.19. The Morgan fingerprint density at radius 1 is 1.04 bits per heavy atom. The van der Waals surface area contributed by atoms with Gasteiger partial charge >= 0.3 is 11.9 Å². The van der Waals surface area contributed by atoms with Crippen LogP contribution in [0.15, 0.2) is 38.2 Å². The summed E-state index contributed by atoms with van der Waals surface area (Å²) in [5.41, 5.74) is 5.30. The molecule has 0 aliphatic rings. The van der Waals surface area contributed by atoms with Crippen LogP contribution in [0.5, 0.6) is 0 Å². The van der Waals surface area contributed by atoms with Gasteiger partial charge in [-0.05, 0) is 5.92 Å². The Bertz CT molecular complexity index is 866. The second-order valence-electron chi connectivity index (χ2n) is 5.33. The van der Waals surface area contributed by atoms with E-state index >= 15 is 0 Å². The average Bonchev–Trinajstić information content (AvgIpc) is 3.33. The maximum absolute atomic E-state index is 10.6. The zero-order chi connectivity index (χ0) is 19.3. The number of carboxylic acids is 2. The topological polar surface area (TPSA) is 179 Å². The van der Waals surface area contributed by atoms with Crippen LogP contribution in [0, 0.1) is 5.92 Å². The van der Waals surface area contributed by atoms with Gasteiger partial charge in [0.1, 0.15) is 24.8 Å². The van der Waals surface area contributed by atoms with Gasteiger partial charge in [0.15, 0.2) is 11.4 Å². The molecule has 26 heavy (non-hydrogen) atoms. The highest BCUT2D eigenvalue weighted by atomic mass is 16.4. The second kappa shape index (κ2) is 8.07. The van der Waals surface area contributed by atoms with Crippen LogP contribution in [0.3, 0.4) is 0 Å². The molecule has 0 fully saturated rings. The normalized spacial score (nSPS) is 11.7. The predicted octanol–water partition coefficient (Wildman–Crippen LogP) is 1.74. The summed E-state index contributed by atoms with van der Waals surface area (Å²) in [6.45, 7) is 3.55. The number of hydrogen-bond acceptors (Lipinski definition) is 9. The summed E-state index contributed by atoms with van der Waals surface area (Å²) in [4.78, 5) is 32.3. The maximum atomic E-state index is 10.6. The largest absolute Gasteiger partial charge is 0.480 e. The molecule has 0 aliphatic carbocycles. The van der Waals surface area contributed by atoms with E-state index < -0.39 is 18.0 Å². The van der Waals surface area contributed by atoms with Crippen LogP contribution < -0.4 is 5.73 Å². The van der Waals surface area contributed by atoms with Crippen molar-refractivity contribution in [2.45, 2.75) is 19.9 Å². The fourth-order valence-corrected chi connectivity index (χ4v) is 1.58. The van der Waals surface area contributed by atoms with E-state index in [9.17, 15) is 9.59 Å². The number of nitrogens with two attached hydrogens (primary N) is 1. The molecule has 4 N–H and O–H groups in total. The molecule has 0 aliphatic heterocycles. The minimum Gasteiger partial charge on any atom is -0.480 e. The number of nitrogens with zero attached hydrogens (tertiary/aromatic N) is 3. The molecule has 0 aromatic carbocycles. The molecule has 0 saturated carbocycles. The average molecular weight is 364 g/mol. The van der Waals surface area contributed by atoms with E-state index in [4.69, 9.17) is 29.2 Å². The van der Waals surface area contributed by atoms with Gasteiger partial charge in [-0.25, -0.2) is 9.78 Å². The van der Waals surface area contributed by atoms with Crippen LogP contribution in [0.4, 0.5) is 0 Å². The number of aliphatic carboxylic acids is 1. The van der Waals surface area contributed by atoms with Gasteiger partial charge in [0.05, 0.1) is 6.20 Å². The summed E-state index contributed by atoms with van der Waals surface area (Å²) in [7, 11) is 0. The van der Waals surface area contributed by atoms with Gasteiger partial charge in [0.25, 0.3) is 11.8 Å². The van der Waals surface area contributed by atoms with Gasteiger partial charge in [-0.3, -0.25) is 4.79 Å². The lowest BCUT2D eigenvalue weighted by Gasteiger charge is -2.07. The number of hydrogen-bond donors (Lipinski definition) is 3. The Morgan fingerprint density at radius 3 is 2.15 bits per heavy atom. The number of aromatic carboxylic acids is 1. The van der Waals surface area contributed by atoms with Crippen LogP contribution in [-0.4, -0.2) is 43.1 Å². The molecule has 0 saturated heterocycles. The Labute approximate surface area is 146 Å². The van der Waals surface area contributed by atoms with Crippen LogP contribution in [0.25, 0.3) is 23.4 Å². The fraction of sp³-hybridized carbons (Fsp3) is 0.267. The first kappa shape index (κ1) is 18.9. The lowest BCUT2D eigenvalue weighted by molar-refractivity contribution is -0.139. The Morgan fingerprint density at radius 2 is 1.69 bits per heavy atom. The number of oxazole rings is 3. The van der Waals surface area contributed by atoms with E-state index in [-0.39, 0.29) is 29.3 Å². The highest BCUT2D eigenvalue weighted by Gasteiger charge is 2.18. The van der Waals surface area contributed by atoms with Crippen molar-refractivity contribution in [3.63, 3.8) is 0 Å². The lowest BCUT2D eigenvalue weighted by atomic mass is 10.1. The number of carboxylic acid groups (broad SMARTS) is 2. The predicted molar refractivity (Wildman–Crippen MR) is 84.9 cm³/mol. The van der Waals surface area contributed by atoms with E-state index in [2.05, 4.69) is 15.0 Å². The van der Waals surface area contributed by atoms with Crippen molar-refractivity contribution in [3.8, 4) is 23.4 Å². The van der Waals surface area contributed by atoms with Crippen LogP contribution in [0.2, 0.25) is 0 Å². The number of rotatable bonds is 5. The summed E-state index contributed by atoms with van der Waals surface area (Å²) >= 11 is 0. The molecule has 3 rings (SSSR count). The first-order valence-electron chi connectivity index (χ1n) is 7.32. The number of carbonyl (C=O) groups is 2. The van der Waals surface area contributed by atoms with E-state index in [1.165, 1.54) is 18.7 Å². The van der Waals surface area contributed by atoms with Crippen molar-refractivity contribution in [2.75, 3.05) is 0 Å². The summed E-state index contributed by atoms with van der Waals surface area (Å²) in [6, 6.07) is -0.713. The summed E-state index contributed by atoms with van der Waals surface area (Å²) in [5, 5.41) is 16.9. The zero-order valence-corrected chi connectivity index (χ0v) is 13.8. The molecule has 0 radical (unpaired) electrons. The monoisotopic (exact) mass is 364 g/mol. The highest BCUT2D eigenvalue weighted by Crippen LogP contribution is 2.23. The van der Waals surface area contributed by atoms with Crippen molar-refractivity contribution in [1.29, 1.82) is 0 Å². The molecule has 3 aromatic heterocycles. The molecule has 3 aromatic rings. The SMILES string of the molecule is CC(C)[C@H](N)C(=O)O.O=C(O)c1coc(-c2nc(-c3ncco3)co2)n1. The van der Waals surface area contributed by atoms with Crippen molar-refractivity contribution in [2.24, 2.45) is 11.7 Å². The first-order valence-corrected chi connectivity index (χ1v) is 7.32. The quantitative estimate of drug-likeness (QED) is 0.600. The molecular formula is C15H16N4O7. The molecule has 3 heterocycles. The summed E-state index contributed by atoms with van der Waals surface area (Å²) in [5.74, 6) is -1.78. The molecule has 1 atom stereocenters.